The van der Waals surface area contributed by atoms with Crippen molar-refractivity contribution in [2.45, 2.75) is 338 Å². The minimum Gasteiger partial charge on any atom is -0.513 e. The minimum absolute atomic E-state index is 0. The number of benzene rings is 8. The van der Waals surface area contributed by atoms with Crippen molar-refractivity contribution in [1.82, 2.24) is 19.9 Å². The van der Waals surface area contributed by atoms with Crippen molar-refractivity contribution in [2.75, 3.05) is 0 Å². The van der Waals surface area contributed by atoms with Crippen LogP contribution in [-0.4, -0.2) is 85.2 Å². The zero-order valence-electron chi connectivity index (χ0n) is 92.9. The molecule has 4 aromatic heterocycles. The Kier molecular flexibility index (Phi) is 56.1. The van der Waals surface area contributed by atoms with Crippen molar-refractivity contribution in [1.29, 1.82) is 0 Å². The van der Waals surface area contributed by atoms with Gasteiger partial charge in [-0.25, -0.2) is 0 Å². The van der Waals surface area contributed by atoms with Gasteiger partial charge in [0.25, 0.3) is 0 Å². The van der Waals surface area contributed by atoms with Crippen molar-refractivity contribution in [3.05, 3.63) is 306 Å². The molecule has 12 aromatic rings. The average molecular weight is 2640 g/mol. The van der Waals surface area contributed by atoms with E-state index in [-0.39, 0.29) is 149 Å². The van der Waals surface area contributed by atoms with Crippen LogP contribution in [0.15, 0.2) is 193 Å². The molecule has 0 fully saturated rings. The van der Waals surface area contributed by atoms with Crippen molar-refractivity contribution in [2.24, 2.45) is 45.3 Å². The van der Waals surface area contributed by atoms with Crippen LogP contribution in [0.4, 0.5) is 0 Å². The van der Waals surface area contributed by atoms with Gasteiger partial charge in [0.05, 0.1) is 69.5 Å². The normalized spacial score (nSPS) is 12.8. The van der Waals surface area contributed by atoms with Crippen LogP contribution in [0.5, 0.6) is 0 Å². The van der Waals surface area contributed by atoms with E-state index in [1.54, 1.807) is 13.8 Å². The summed E-state index contributed by atoms with van der Waals surface area (Å²) < 4.78 is 0. The molecule has 0 bridgehead atoms. The summed E-state index contributed by atoms with van der Waals surface area (Å²) in [6.45, 7) is 79.3. The molecule has 8 N–H and O–H groups in total. The fourth-order valence-corrected chi connectivity index (χ4v) is 16.1. The number of aliphatic hydroxyl groups is 8. The second-order valence-corrected chi connectivity index (χ2v) is 45.0. The Morgan fingerprint density at radius 3 is 0.803 bits per heavy atom. The molecule has 0 spiro atoms. The Labute approximate surface area is 911 Å². The van der Waals surface area contributed by atoms with Gasteiger partial charge in [-0.2, -0.15) is 0 Å². The standard InChI is InChI=1S/2C27H34N.C23H26N.C21H22N.2C9H18O2.2C5H10O2.4Ir/c2*1-18-11-19(2)13-21(12-18)24-10-9-23-22(17-27(6,7)8)14-20(15-25(23)28-24)16-26(3,4)5;1-14(2)18-12-21(15(3)4)20-7-8-22(24-23(20)13-18)19-10-16(5)9-17(6)11-19;1-5-16-12-17(6-2)19-7-8-20(22-21(19)13-16)18-10-14(3)9-15(4)11-18;2*1-6(2)8(10)5-9(11)7(3)4;2*1-4(6)3-5(2)7;;;;/h2*9-12,14-15H,16-17H2,1-8H3;7-10,12-15H,1-6H3;7-10,12-13H,5-6H2,1-4H3;2*5-8,10-11H,1-4H3;2*3-4,6-7H,1-2H3;;;;/q4*-1;;;;;;;;. The molecule has 8 aromatic carbocycles. The Balaban J connectivity index is 0.000000844. The number of hydrogen-bond acceptors (Lipinski definition) is 12. The molecule has 0 amide bonds. The molecule has 784 valence electrons. The van der Waals surface area contributed by atoms with E-state index in [4.69, 9.17) is 40.4 Å². The molecule has 4 atom stereocenters. The van der Waals surface area contributed by atoms with Gasteiger partial charge in [0, 0.05) is 114 Å². The van der Waals surface area contributed by atoms with Crippen LogP contribution < -0.4 is 0 Å². The van der Waals surface area contributed by atoms with Gasteiger partial charge in [-0.3, -0.25) is 19.9 Å². The third-order valence-electron chi connectivity index (χ3n) is 22.6. The van der Waals surface area contributed by atoms with Crippen LogP contribution in [0.1, 0.15) is 309 Å². The van der Waals surface area contributed by atoms with Crippen molar-refractivity contribution in [3.63, 3.8) is 0 Å². The maximum absolute atomic E-state index is 9.31. The van der Waals surface area contributed by atoms with Crippen LogP contribution in [0.3, 0.4) is 0 Å². The van der Waals surface area contributed by atoms with E-state index < -0.39 is 24.4 Å². The van der Waals surface area contributed by atoms with Crippen LogP contribution in [-0.2, 0) is 119 Å². The number of fused-ring (bicyclic) bond motifs is 4. The van der Waals surface area contributed by atoms with Crippen molar-refractivity contribution >= 4 is 43.6 Å². The van der Waals surface area contributed by atoms with Gasteiger partial charge in [-0.1, -0.05) is 308 Å². The molecule has 16 heteroatoms. The van der Waals surface area contributed by atoms with E-state index in [2.05, 4.69) is 350 Å². The molecule has 4 unspecified atom stereocenters. The molecule has 0 aliphatic rings. The largest absolute Gasteiger partial charge is 0.513 e. The summed E-state index contributed by atoms with van der Waals surface area (Å²) in [6.07, 6.45) is 9.92. The number of aromatic nitrogens is 4. The molecule has 142 heavy (non-hydrogen) atoms. The summed E-state index contributed by atoms with van der Waals surface area (Å²) in [5, 5.41) is 76.0. The van der Waals surface area contributed by atoms with E-state index >= 15 is 0 Å². The number of hydrogen-bond donors (Lipinski definition) is 8. The topological polar surface area (TPSA) is 213 Å². The van der Waals surface area contributed by atoms with Gasteiger partial charge in [-0.05, 0) is 227 Å². The molecular formula is C126H172Ir4N4O8-4. The summed E-state index contributed by atoms with van der Waals surface area (Å²) in [6, 6.07) is 67.1. The predicted octanol–water partition coefficient (Wildman–Crippen LogP) is 32.9. The smallest absolute Gasteiger partial charge is 0.0933 e. The van der Waals surface area contributed by atoms with E-state index in [1.807, 2.05) is 55.4 Å². The summed E-state index contributed by atoms with van der Waals surface area (Å²) in [7, 11) is 0. The fraction of sp³-hybridized carbons (Fsp3) is 0.460. The molecule has 0 aliphatic carbocycles. The molecule has 4 heterocycles. The maximum Gasteiger partial charge on any atom is 0.0933 e. The predicted molar refractivity (Wildman–Crippen MR) is 590 cm³/mol. The van der Waals surface area contributed by atoms with Gasteiger partial charge in [-0.15, -0.1) is 140 Å². The maximum atomic E-state index is 9.31. The minimum atomic E-state index is -0.537. The van der Waals surface area contributed by atoms with Crippen LogP contribution >= 0.6 is 0 Å². The first kappa shape index (κ1) is 132. The van der Waals surface area contributed by atoms with Crippen molar-refractivity contribution in [3.8, 4) is 45.0 Å². The van der Waals surface area contributed by atoms with E-state index in [0.717, 1.165) is 128 Å². The number of allylic oxidation sites excluding steroid dienone is 4. The zero-order valence-corrected chi connectivity index (χ0v) is 102. The molecule has 12 rings (SSSR count). The van der Waals surface area contributed by atoms with Gasteiger partial charge in [0.2, 0.25) is 0 Å². The Morgan fingerprint density at radius 2 is 0.577 bits per heavy atom. The van der Waals surface area contributed by atoms with E-state index in [1.165, 1.54) is 126 Å². The van der Waals surface area contributed by atoms with Crippen LogP contribution in [0.2, 0.25) is 0 Å². The molecular weight excluding hydrogens is 2470 g/mol. The van der Waals surface area contributed by atoms with Crippen LogP contribution in [0.25, 0.3) is 88.6 Å². The number of aliphatic hydroxyl groups excluding tert-OH is 8. The van der Waals surface area contributed by atoms with Gasteiger partial charge >= 0.3 is 0 Å². The first-order valence-electron chi connectivity index (χ1n) is 49.9. The second-order valence-electron chi connectivity index (χ2n) is 45.0. The fourth-order valence-electron chi connectivity index (χ4n) is 16.1. The molecule has 0 saturated heterocycles. The number of nitrogens with zero attached hydrogens (tertiary/aromatic N) is 4. The Morgan fingerprint density at radius 1 is 0.310 bits per heavy atom. The zero-order chi connectivity index (χ0) is 104. The quantitative estimate of drug-likeness (QED) is 0.0264. The summed E-state index contributed by atoms with van der Waals surface area (Å²) >= 11 is 0. The van der Waals surface area contributed by atoms with E-state index in [9.17, 15) is 20.4 Å². The summed E-state index contributed by atoms with van der Waals surface area (Å²) in [5.74, 6) is 2.39. The number of rotatable bonds is 20. The first-order valence-corrected chi connectivity index (χ1v) is 49.9. The molecule has 12 nitrogen and oxygen atoms in total. The summed E-state index contributed by atoms with van der Waals surface area (Å²) in [5.41, 5.74) is 34.5. The molecule has 4 radical (unpaired) electrons. The number of aryl methyl sites for hydroxylation is 10. The van der Waals surface area contributed by atoms with E-state index in [0.29, 0.717) is 11.8 Å². The Bertz CT molecular complexity index is 5790. The third kappa shape index (κ3) is 46.8. The van der Waals surface area contributed by atoms with Gasteiger partial charge < -0.3 is 40.9 Å². The molecule has 0 saturated carbocycles. The SMILES string of the molecule is CC(C)C(O)=CC(O)C(C)C.CC(C)C(O)=CC(O)C(C)C.CC(O)=CC(C)O.CC(O)=CC(C)O.CCc1cc(CC)c2ccc(-c3[c-]c(C)cc(C)c3)nc2c1.Cc1[c-]c(-c2ccc3c(C(C)C)cc(C(C)C)cc3n2)cc(C)c1.Cc1[c-]c(-c2ccc3c(CC(C)(C)C)cc(CC(C)(C)C)cc3n2)cc(C)c1.Cc1[c-]c(-c2ccc3c(CC(C)(C)C)cc(CC(C)(C)C)cc3n2)cc(C)c1.[Ir].[Ir].[Ir].[Ir]. The van der Waals surface area contributed by atoms with Gasteiger partial charge in [0.15, 0.2) is 0 Å². The Hall–Kier alpha value is -8.00. The first-order chi connectivity index (χ1) is 63.9. The molecule has 0 aliphatic heterocycles. The van der Waals surface area contributed by atoms with Gasteiger partial charge in [0.1, 0.15) is 0 Å². The van der Waals surface area contributed by atoms with Crippen LogP contribution in [0, 0.1) is 125 Å². The summed E-state index contributed by atoms with van der Waals surface area (Å²) in [4.78, 5) is 20.1. The van der Waals surface area contributed by atoms with Crippen molar-refractivity contribution < 1.29 is 121 Å². The second kappa shape index (κ2) is 60.3. The third-order valence-corrected chi connectivity index (χ3v) is 22.6. The average Bonchev–Trinajstić information content (AvgIpc) is 0.787. The monoisotopic (exact) mass is 2640 g/mol. The number of pyridine rings is 4.